The smallest absolute Gasteiger partial charge is 0.223 e. The van der Waals surface area contributed by atoms with E-state index in [-0.39, 0.29) is 6.04 Å². The third-order valence-corrected chi connectivity index (χ3v) is 2.30. The second-order valence-electron chi connectivity index (χ2n) is 3.86. The average molecular weight is 208 g/mol. The number of aromatic nitrogens is 2. The predicted molar refractivity (Wildman–Crippen MR) is 62.9 cm³/mol. The molecule has 0 spiro atoms. The van der Waals surface area contributed by atoms with Gasteiger partial charge in [0.05, 0.1) is 0 Å². The molecule has 0 radical (unpaired) electrons. The van der Waals surface area contributed by atoms with Crippen LogP contribution in [0.25, 0.3) is 0 Å². The molecule has 0 aliphatic carbocycles. The molecule has 0 amide bonds. The molecule has 1 atom stereocenters. The van der Waals surface area contributed by atoms with Gasteiger partial charge in [0.25, 0.3) is 0 Å². The summed E-state index contributed by atoms with van der Waals surface area (Å²) >= 11 is 0. The van der Waals surface area contributed by atoms with Gasteiger partial charge in [-0.2, -0.15) is 0 Å². The van der Waals surface area contributed by atoms with E-state index >= 15 is 0 Å². The highest BCUT2D eigenvalue weighted by molar-refractivity contribution is 5.27. The summed E-state index contributed by atoms with van der Waals surface area (Å²) < 4.78 is 0. The van der Waals surface area contributed by atoms with Gasteiger partial charge in [0.2, 0.25) is 5.95 Å². The van der Waals surface area contributed by atoms with Crippen LogP contribution < -0.4 is 11.1 Å². The molecule has 4 nitrogen and oxygen atoms in total. The lowest BCUT2D eigenvalue weighted by molar-refractivity contribution is 0.612. The van der Waals surface area contributed by atoms with Crippen LogP contribution in [0.15, 0.2) is 6.07 Å². The molecule has 0 saturated carbocycles. The van der Waals surface area contributed by atoms with E-state index in [9.17, 15) is 0 Å². The zero-order valence-electron chi connectivity index (χ0n) is 9.75. The second kappa shape index (κ2) is 5.66. The van der Waals surface area contributed by atoms with Gasteiger partial charge in [0.15, 0.2) is 0 Å². The SMILES string of the molecule is CCC(N)CCNc1nc(C)cc(C)n1. The maximum absolute atomic E-state index is 5.82. The van der Waals surface area contributed by atoms with Crippen LogP contribution in [0.5, 0.6) is 0 Å². The summed E-state index contributed by atoms with van der Waals surface area (Å²) in [6.07, 6.45) is 1.96. The van der Waals surface area contributed by atoms with Crippen molar-refractivity contribution in [3.63, 3.8) is 0 Å². The Kier molecular flexibility index (Phi) is 4.49. The molecule has 15 heavy (non-hydrogen) atoms. The molecule has 1 unspecified atom stereocenters. The minimum atomic E-state index is 0.267. The Morgan fingerprint density at radius 1 is 1.33 bits per heavy atom. The number of nitrogens with two attached hydrogens (primary N) is 1. The summed E-state index contributed by atoms with van der Waals surface area (Å²) in [6.45, 7) is 6.87. The van der Waals surface area contributed by atoms with Crippen molar-refractivity contribution in [2.75, 3.05) is 11.9 Å². The van der Waals surface area contributed by atoms with Crippen molar-refractivity contribution in [3.05, 3.63) is 17.5 Å². The minimum absolute atomic E-state index is 0.267. The predicted octanol–water partition coefficient (Wildman–Crippen LogP) is 1.63. The average Bonchev–Trinajstić information content (AvgIpc) is 2.16. The highest BCUT2D eigenvalue weighted by Gasteiger charge is 2.01. The van der Waals surface area contributed by atoms with Crippen LogP contribution in [0.4, 0.5) is 5.95 Å². The molecule has 0 aliphatic rings. The van der Waals surface area contributed by atoms with Crippen molar-refractivity contribution in [1.82, 2.24) is 9.97 Å². The molecule has 3 N–H and O–H groups in total. The van der Waals surface area contributed by atoms with Gasteiger partial charge in [0, 0.05) is 24.0 Å². The van der Waals surface area contributed by atoms with Crippen molar-refractivity contribution >= 4 is 5.95 Å². The van der Waals surface area contributed by atoms with Crippen LogP contribution in [-0.2, 0) is 0 Å². The Balaban J connectivity index is 2.43. The van der Waals surface area contributed by atoms with Crippen LogP contribution in [0.1, 0.15) is 31.2 Å². The first kappa shape index (κ1) is 11.9. The van der Waals surface area contributed by atoms with E-state index in [0.29, 0.717) is 5.95 Å². The van der Waals surface area contributed by atoms with Gasteiger partial charge in [-0.3, -0.25) is 0 Å². The third kappa shape index (κ3) is 4.25. The first-order valence-corrected chi connectivity index (χ1v) is 5.43. The lowest BCUT2D eigenvalue weighted by Crippen LogP contribution is -2.22. The van der Waals surface area contributed by atoms with E-state index < -0.39 is 0 Å². The van der Waals surface area contributed by atoms with Gasteiger partial charge in [0.1, 0.15) is 0 Å². The molecule has 1 rings (SSSR count). The first-order chi connectivity index (χ1) is 7.11. The van der Waals surface area contributed by atoms with Crippen molar-refractivity contribution in [3.8, 4) is 0 Å². The van der Waals surface area contributed by atoms with Crippen molar-refractivity contribution in [1.29, 1.82) is 0 Å². The van der Waals surface area contributed by atoms with Gasteiger partial charge >= 0.3 is 0 Å². The number of hydrogen-bond acceptors (Lipinski definition) is 4. The fourth-order valence-electron chi connectivity index (χ4n) is 1.38. The molecule has 1 heterocycles. The van der Waals surface area contributed by atoms with E-state index in [1.54, 1.807) is 0 Å². The Bertz CT molecular complexity index is 291. The lowest BCUT2D eigenvalue weighted by atomic mass is 10.2. The number of hydrogen-bond donors (Lipinski definition) is 2. The van der Waals surface area contributed by atoms with Crippen LogP contribution in [0.2, 0.25) is 0 Å². The normalized spacial score (nSPS) is 12.5. The van der Waals surface area contributed by atoms with E-state index in [1.807, 2.05) is 19.9 Å². The lowest BCUT2D eigenvalue weighted by Gasteiger charge is -2.10. The largest absolute Gasteiger partial charge is 0.354 e. The van der Waals surface area contributed by atoms with Crippen molar-refractivity contribution in [2.24, 2.45) is 5.73 Å². The first-order valence-electron chi connectivity index (χ1n) is 5.43. The molecular weight excluding hydrogens is 188 g/mol. The Hall–Kier alpha value is -1.16. The minimum Gasteiger partial charge on any atom is -0.354 e. The van der Waals surface area contributed by atoms with Crippen LogP contribution in [0, 0.1) is 13.8 Å². The molecule has 0 fully saturated rings. The number of anilines is 1. The molecule has 4 heteroatoms. The molecule has 1 aromatic rings. The topological polar surface area (TPSA) is 63.8 Å². The second-order valence-corrected chi connectivity index (χ2v) is 3.86. The Labute approximate surface area is 91.3 Å². The quantitative estimate of drug-likeness (QED) is 0.772. The van der Waals surface area contributed by atoms with Gasteiger partial charge in [-0.15, -0.1) is 0 Å². The monoisotopic (exact) mass is 208 g/mol. The van der Waals surface area contributed by atoms with Crippen molar-refractivity contribution in [2.45, 2.75) is 39.7 Å². The third-order valence-electron chi connectivity index (χ3n) is 2.30. The van der Waals surface area contributed by atoms with E-state index in [4.69, 9.17) is 5.73 Å². The van der Waals surface area contributed by atoms with Gasteiger partial charge in [-0.1, -0.05) is 6.92 Å². The van der Waals surface area contributed by atoms with E-state index in [2.05, 4.69) is 22.2 Å². The maximum Gasteiger partial charge on any atom is 0.223 e. The highest BCUT2D eigenvalue weighted by Crippen LogP contribution is 2.04. The Morgan fingerprint density at radius 2 is 1.93 bits per heavy atom. The summed E-state index contributed by atoms with van der Waals surface area (Å²) in [6, 6.07) is 2.23. The van der Waals surface area contributed by atoms with E-state index in [0.717, 1.165) is 30.8 Å². The molecule has 0 aliphatic heterocycles. The summed E-state index contributed by atoms with van der Waals surface area (Å²) in [7, 11) is 0. The van der Waals surface area contributed by atoms with Crippen molar-refractivity contribution < 1.29 is 0 Å². The number of nitrogens with one attached hydrogen (secondary N) is 1. The highest BCUT2D eigenvalue weighted by atomic mass is 15.1. The molecule has 0 bridgehead atoms. The number of rotatable bonds is 5. The van der Waals surface area contributed by atoms with Crippen LogP contribution >= 0.6 is 0 Å². The zero-order valence-corrected chi connectivity index (χ0v) is 9.75. The summed E-state index contributed by atoms with van der Waals surface area (Å²) in [4.78, 5) is 8.59. The van der Waals surface area contributed by atoms with Crippen LogP contribution in [-0.4, -0.2) is 22.6 Å². The number of nitrogens with zero attached hydrogens (tertiary/aromatic N) is 2. The Morgan fingerprint density at radius 3 is 2.47 bits per heavy atom. The standard InChI is InChI=1S/C11H20N4/c1-4-10(12)5-6-13-11-14-8(2)7-9(3)15-11/h7,10H,4-6,12H2,1-3H3,(H,13,14,15). The fraction of sp³-hybridized carbons (Fsp3) is 0.636. The molecule has 84 valence electrons. The summed E-state index contributed by atoms with van der Waals surface area (Å²) in [5.74, 6) is 0.704. The zero-order chi connectivity index (χ0) is 11.3. The summed E-state index contributed by atoms with van der Waals surface area (Å²) in [5, 5.41) is 3.19. The molecular formula is C11H20N4. The van der Waals surface area contributed by atoms with Crippen LogP contribution in [0.3, 0.4) is 0 Å². The van der Waals surface area contributed by atoms with Gasteiger partial charge in [-0.05, 0) is 32.8 Å². The maximum atomic E-state index is 5.82. The van der Waals surface area contributed by atoms with Gasteiger partial charge in [-0.25, -0.2) is 9.97 Å². The van der Waals surface area contributed by atoms with E-state index in [1.165, 1.54) is 0 Å². The summed E-state index contributed by atoms with van der Waals surface area (Å²) in [5.41, 5.74) is 7.80. The molecule has 1 aromatic heterocycles. The van der Waals surface area contributed by atoms with Gasteiger partial charge < -0.3 is 11.1 Å². The molecule has 0 saturated heterocycles. The molecule has 0 aromatic carbocycles. The fourth-order valence-corrected chi connectivity index (χ4v) is 1.38. The number of aryl methyl sites for hydroxylation is 2.